The Morgan fingerprint density at radius 3 is 2.88 bits per heavy atom. The van der Waals surface area contributed by atoms with Gasteiger partial charge in [0.15, 0.2) is 11.3 Å². The predicted molar refractivity (Wildman–Crippen MR) is 151 cm³/mol. The number of β-lactam (4-membered cyclic amide) rings is 1. The van der Waals surface area contributed by atoms with Crippen molar-refractivity contribution in [3.05, 3.63) is 41.6 Å². The summed E-state index contributed by atoms with van der Waals surface area (Å²) in [5, 5.41) is 21.6. The molecule has 1 saturated carbocycles. The smallest absolute Gasteiger partial charge is 0.352 e. The number of nitrogen functional groups attached to an aromatic ring is 1. The van der Waals surface area contributed by atoms with Crippen LogP contribution in [0.1, 0.15) is 31.5 Å². The zero-order valence-electron chi connectivity index (χ0n) is 21.8. The maximum Gasteiger partial charge on any atom is 0.352 e. The number of hydrogen-bond donors (Lipinski definition) is 3. The van der Waals surface area contributed by atoms with Gasteiger partial charge in [-0.05, 0) is 37.3 Å². The lowest BCUT2D eigenvalue weighted by molar-refractivity contribution is -0.644. The maximum atomic E-state index is 13.3. The van der Waals surface area contributed by atoms with Gasteiger partial charge in [0.2, 0.25) is 11.5 Å². The number of imidazole rings is 1. The van der Waals surface area contributed by atoms with Gasteiger partial charge in [-0.1, -0.05) is 22.0 Å². The molecule has 214 valence electrons. The Balaban J connectivity index is 1.16. The molecule has 4 N–H and O–H groups in total. The Morgan fingerprint density at radius 1 is 1.34 bits per heavy atom. The first-order valence-electron chi connectivity index (χ1n) is 12.8. The van der Waals surface area contributed by atoms with Crippen LogP contribution >= 0.6 is 35.1 Å². The number of nitrogens with zero attached hydrogens (tertiary/aromatic N) is 7. The second-order valence-electron chi connectivity index (χ2n) is 9.70. The van der Waals surface area contributed by atoms with Gasteiger partial charge in [-0.15, -0.1) is 16.3 Å². The highest BCUT2D eigenvalue weighted by Crippen LogP contribution is 2.41. The fourth-order valence-electron chi connectivity index (χ4n) is 4.92. The van der Waals surface area contributed by atoms with Crippen molar-refractivity contribution in [2.75, 3.05) is 17.2 Å². The topological polar surface area (TPSA) is 181 Å². The number of aliphatic carboxylic acids is 1. The molecule has 6 rings (SSSR count). The molecule has 3 aromatic heterocycles. The van der Waals surface area contributed by atoms with Gasteiger partial charge in [0.1, 0.15) is 34.4 Å². The van der Waals surface area contributed by atoms with Crippen LogP contribution in [0.4, 0.5) is 5.13 Å². The van der Waals surface area contributed by atoms with E-state index in [-0.39, 0.29) is 28.5 Å². The molecule has 0 radical (unpaired) electrons. The molecule has 41 heavy (non-hydrogen) atoms. The number of carboxylic acid groups (broad SMARTS) is 1. The molecular weight excluding hydrogens is 591 g/mol. The number of anilines is 1. The largest absolute Gasteiger partial charge is 0.477 e. The first-order valence-corrected chi connectivity index (χ1v) is 15.6. The van der Waals surface area contributed by atoms with Crippen molar-refractivity contribution in [3.63, 3.8) is 0 Å². The molecule has 1 aliphatic carbocycles. The van der Waals surface area contributed by atoms with E-state index in [4.69, 9.17) is 10.6 Å². The Kier molecular flexibility index (Phi) is 7.56. The van der Waals surface area contributed by atoms with Crippen molar-refractivity contribution >= 4 is 69.3 Å². The molecule has 17 heteroatoms. The number of carboxylic acids is 1. The van der Waals surface area contributed by atoms with Crippen LogP contribution < -0.4 is 15.6 Å². The van der Waals surface area contributed by atoms with E-state index in [1.807, 2.05) is 36.1 Å². The number of aromatic nitrogens is 5. The fraction of sp³-hybridized carbons (Fsp3) is 0.417. The van der Waals surface area contributed by atoms with E-state index in [0.29, 0.717) is 17.1 Å². The van der Waals surface area contributed by atoms with Crippen LogP contribution in [0.25, 0.3) is 5.65 Å². The number of nitrogens with two attached hydrogens (primary N) is 1. The number of rotatable bonds is 9. The summed E-state index contributed by atoms with van der Waals surface area (Å²) in [6, 6.07) is 2.87. The van der Waals surface area contributed by atoms with E-state index in [2.05, 4.69) is 24.9 Å². The van der Waals surface area contributed by atoms with Crippen LogP contribution in [0, 0.1) is 0 Å². The van der Waals surface area contributed by atoms with Gasteiger partial charge in [-0.25, -0.2) is 9.36 Å². The third-order valence-electron chi connectivity index (χ3n) is 7.00. The Bertz CT molecular complexity index is 1600. The van der Waals surface area contributed by atoms with E-state index in [1.165, 1.54) is 28.4 Å². The van der Waals surface area contributed by atoms with Gasteiger partial charge in [-0.3, -0.25) is 14.5 Å². The standard InChI is InChI=1S/C24H25N9O5S3/c1-31-8-9-32-15(31)7-6-14(28-32)39-10-12-11-40-22-17(21(35)33(22)18(12)23(36)37)26-20(34)16(19-27-24(25)41-30-19)29-38-13-4-2-3-5-13/h6-9,13,17,22H,2-5,10-11H2,1H3,(H3-,25,26,27,30,34,36,37)/p+1/b29-16-/t17-,22-/m1/s1. The number of carbonyl (C=O) groups is 3. The first-order chi connectivity index (χ1) is 19.8. The van der Waals surface area contributed by atoms with Crippen molar-refractivity contribution in [2.45, 2.75) is 48.2 Å². The molecular formula is C24H26N9O5S3+. The zero-order valence-corrected chi connectivity index (χ0v) is 24.2. The van der Waals surface area contributed by atoms with Crippen molar-refractivity contribution in [2.24, 2.45) is 12.2 Å². The predicted octanol–water partition coefficient (Wildman–Crippen LogP) is 0.787. The summed E-state index contributed by atoms with van der Waals surface area (Å²) < 4.78 is 7.77. The van der Waals surface area contributed by atoms with Crippen LogP contribution in [0.15, 0.2) is 46.0 Å². The minimum Gasteiger partial charge on any atom is -0.477 e. The van der Waals surface area contributed by atoms with Gasteiger partial charge in [0, 0.05) is 29.1 Å². The SMILES string of the molecule is C[n+]1ccn2nc(SCC3=C(C(=O)O)N4C(=O)[C@@H](NC(=O)/C(=N\OC5CCCC5)c5nsc(N)n5)[C@H]4SC3)ccc21. The quantitative estimate of drug-likeness (QED) is 0.102. The Hall–Kier alpha value is -3.70. The lowest BCUT2D eigenvalue weighted by atomic mass is 10.0. The Labute approximate surface area is 246 Å². The summed E-state index contributed by atoms with van der Waals surface area (Å²) >= 11 is 3.70. The van der Waals surface area contributed by atoms with E-state index in [0.717, 1.165) is 47.9 Å². The highest BCUT2D eigenvalue weighted by molar-refractivity contribution is 8.01. The summed E-state index contributed by atoms with van der Waals surface area (Å²) in [7, 11) is 1.92. The normalized spacial score (nSPS) is 21.2. The van der Waals surface area contributed by atoms with Crippen molar-refractivity contribution < 1.29 is 28.9 Å². The number of thioether (sulfide) groups is 2. The van der Waals surface area contributed by atoms with Crippen molar-refractivity contribution in [1.29, 1.82) is 0 Å². The lowest BCUT2D eigenvalue weighted by Gasteiger charge is -2.49. The van der Waals surface area contributed by atoms with Crippen molar-refractivity contribution in [3.8, 4) is 0 Å². The lowest BCUT2D eigenvalue weighted by Crippen LogP contribution is -2.71. The Morgan fingerprint density at radius 2 is 2.15 bits per heavy atom. The van der Waals surface area contributed by atoms with E-state index in [9.17, 15) is 19.5 Å². The van der Waals surface area contributed by atoms with Gasteiger partial charge in [0.25, 0.3) is 11.8 Å². The van der Waals surface area contributed by atoms with Crippen LogP contribution in [-0.2, 0) is 26.3 Å². The summed E-state index contributed by atoms with van der Waals surface area (Å²) in [5.41, 5.74) is 7.00. The second kappa shape index (κ2) is 11.3. The molecule has 0 spiro atoms. The highest BCUT2D eigenvalue weighted by Gasteiger charge is 2.54. The highest BCUT2D eigenvalue weighted by atomic mass is 32.2. The number of fused-ring (bicyclic) bond motifs is 2. The van der Waals surface area contributed by atoms with E-state index >= 15 is 0 Å². The number of aryl methyl sites for hydroxylation is 1. The summed E-state index contributed by atoms with van der Waals surface area (Å²) in [6.07, 6.45) is 7.34. The zero-order chi connectivity index (χ0) is 28.7. The minimum atomic E-state index is -1.20. The van der Waals surface area contributed by atoms with Crippen LogP contribution in [0.2, 0.25) is 0 Å². The van der Waals surface area contributed by atoms with E-state index in [1.54, 1.807) is 4.52 Å². The number of nitrogens with one attached hydrogen (secondary N) is 1. The average Bonchev–Trinajstić information content (AvgIpc) is 3.72. The molecule has 3 aromatic rings. The van der Waals surface area contributed by atoms with Gasteiger partial charge in [0.05, 0.1) is 7.05 Å². The first kappa shape index (κ1) is 27.5. The minimum absolute atomic E-state index is 0.00816. The monoisotopic (exact) mass is 616 g/mol. The summed E-state index contributed by atoms with van der Waals surface area (Å²) in [6.45, 7) is 0. The van der Waals surface area contributed by atoms with Crippen LogP contribution in [0.5, 0.6) is 0 Å². The molecule has 2 fully saturated rings. The molecule has 1 saturated heterocycles. The summed E-state index contributed by atoms with van der Waals surface area (Å²) in [4.78, 5) is 49.6. The number of amides is 2. The molecule has 5 heterocycles. The molecule has 2 atom stereocenters. The van der Waals surface area contributed by atoms with Gasteiger partial charge in [-0.2, -0.15) is 9.36 Å². The fourth-order valence-corrected chi connectivity index (χ4v) is 7.70. The van der Waals surface area contributed by atoms with Crippen molar-refractivity contribution in [1.82, 2.24) is 29.2 Å². The average molecular weight is 617 g/mol. The summed E-state index contributed by atoms with van der Waals surface area (Å²) in [5.74, 6) is -1.67. The molecule has 0 bridgehead atoms. The van der Waals surface area contributed by atoms with Crippen LogP contribution in [0.3, 0.4) is 0 Å². The molecule has 14 nitrogen and oxygen atoms in total. The number of carbonyl (C=O) groups excluding carboxylic acids is 2. The molecule has 0 aromatic carbocycles. The second-order valence-corrected chi connectivity index (χ2v) is 12.6. The third kappa shape index (κ3) is 5.36. The maximum absolute atomic E-state index is 13.3. The molecule has 0 unspecified atom stereocenters. The molecule has 2 aliphatic heterocycles. The molecule has 2 amide bonds. The van der Waals surface area contributed by atoms with Crippen LogP contribution in [-0.4, -0.2) is 81.5 Å². The molecule has 3 aliphatic rings. The number of hydrogen-bond acceptors (Lipinski definition) is 12. The number of oxime groups is 1. The third-order valence-corrected chi connectivity index (χ3v) is 9.89. The van der Waals surface area contributed by atoms with E-state index < -0.39 is 29.2 Å². The van der Waals surface area contributed by atoms with Gasteiger partial charge < -0.3 is 21.0 Å². The van der Waals surface area contributed by atoms with Gasteiger partial charge >= 0.3 is 11.6 Å².